The molecular weight excluding hydrogens is 296 g/mol. The average molecular weight is 314 g/mol. The molecule has 5 nitrogen and oxygen atoms in total. The van der Waals surface area contributed by atoms with Crippen LogP contribution in [0.25, 0.3) is 10.2 Å². The van der Waals surface area contributed by atoms with Crippen LogP contribution in [0.15, 0.2) is 18.2 Å². The minimum Gasteiger partial charge on any atom is -0.296 e. The van der Waals surface area contributed by atoms with Crippen molar-refractivity contribution in [3.05, 3.63) is 40.7 Å². The molecule has 0 radical (unpaired) electrons. The monoisotopic (exact) mass is 314 g/mol. The van der Waals surface area contributed by atoms with Crippen molar-refractivity contribution in [3.63, 3.8) is 0 Å². The van der Waals surface area contributed by atoms with Gasteiger partial charge in [-0.05, 0) is 51.0 Å². The number of benzene rings is 1. The summed E-state index contributed by atoms with van der Waals surface area (Å²) < 4.78 is 2.81. The zero-order chi connectivity index (χ0) is 15.9. The number of nitrogens with one attached hydrogen (secondary N) is 1. The summed E-state index contributed by atoms with van der Waals surface area (Å²) in [6, 6.07) is 5.96. The molecule has 3 rings (SSSR count). The third kappa shape index (κ3) is 2.62. The smallest absolute Gasteiger partial charge is 0.275 e. The fourth-order valence-corrected chi connectivity index (χ4v) is 3.47. The van der Waals surface area contributed by atoms with Gasteiger partial charge in [-0.1, -0.05) is 17.4 Å². The van der Waals surface area contributed by atoms with Crippen LogP contribution in [0.4, 0.5) is 5.13 Å². The summed E-state index contributed by atoms with van der Waals surface area (Å²) in [6.07, 6.45) is 0. The zero-order valence-corrected chi connectivity index (χ0v) is 13.9. The van der Waals surface area contributed by atoms with Crippen LogP contribution in [0.3, 0.4) is 0 Å². The van der Waals surface area contributed by atoms with Gasteiger partial charge in [-0.3, -0.25) is 14.8 Å². The van der Waals surface area contributed by atoms with Crippen molar-refractivity contribution in [3.8, 4) is 0 Å². The van der Waals surface area contributed by atoms with Gasteiger partial charge < -0.3 is 0 Å². The molecule has 0 aliphatic heterocycles. The second kappa shape index (κ2) is 5.53. The van der Waals surface area contributed by atoms with Crippen LogP contribution >= 0.6 is 11.3 Å². The maximum Gasteiger partial charge on any atom is 0.275 e. The molecule has 1 aromatic carbocycles. The highest BCUT2D eigenvalue weighted by Crippen LogP contribution is 2.30. The number of thiazole rings is 1. The molecule has 6 heteroatoms. The minimum absolute atomic E-state index is 0.170. The number of nitrogens with zero attached hydrogens (tertiary/aromatic N) is 3. The van der Waals surface area contributed by atoms with E-state index in [0.717, 1.165) is 15.9 Å². The van der Waals surface area contributed by atoms with Gasteiger partial charge in [-0.25, -0.2) is 4.98 Å². The van der Waals surface area contributed by atoms with Gasteiger partial charge in [0.25, 0.3) is 5.91 Å². The standard InChI is InChI=1S/C16H18N4OS/c1-5-20-13(8-11(4)19-20)15(21)18-16-17-12-7-9(2)6-10(3)14(12)22-16/h6-8H,5H2,1-4H3,(H,17,18,21). The van der Waals surface area contributed by atoms with E-state index in [0.29, 0.717) is 17.4 Å². The third-order valence-corrected chi connectivity index (χ3v) is 4.60. The van der Waals surface area contributed by atoms with Crippen molar-refractivity contribution < 1.29 is 4.79 Å². The maximum atomic E-state index is 12.4. The number of aromatic nitrogens is 3. The number of fused-ring (bicyclic) bond motifs is 1. The highest BCUT2D eigenvalue weighted by atomic mass is 32.1. The number of anilines is 1. The van der Waals surface area contributed by atoms with E-state index in [2.05, 4.69) is 28.4 Å². The van der Waals surface area contributed by atoms with E-state index in [4.69, 9.17) is 0 Å². The van der Waals surface area contributed by atoms with Gasteiger partial charge in [0.1, 0.15) is 5.69 Å². The third-order valence-electron chi connectivity index (χ3n) is 3.47. The molecule has 0 bridgehead atoms. The highest BCUT2D eigenvalue weighted by molar-refractivity contribution is 7.22. The first-order valence-electron chi connectivity index (χ1n) is 7.21. The summed E-state index contributed by atoms with van der Waals surface area (Å²) in [5.41, 5.74) is 4.68. The lowest BCUT2D eigenvalue weighted by Crippen LogP contribution is -2.17. The molecule has 3 aromatic rings. The minimum atomic E-state index is -0.170. The Labute approximate surface area is 133 Å². The summed E-state index contributed by atoms with van der Waals surface area (Å²) >= 11 is 1.50. The molecule has 0 aliphatic carbocycles. The molecule has 0 fully saturated rings. The van der Waals surface area contributed by atoms with Crippen LogP contribution in [-0.2, 0) is 6.54 Å². The summed E-state index contributed by atoms with van der Waals surface area (Å²) in [5.74, 6) is -0.170. The Bertz CT molecular complexity index is 863. The quantitative estimate of drug-likeness (QED) is 0.802. The van der Waals surface area contributed by atoms with Crippen LogP contribution in [0.1, 0.15) is 34.2 Å². The first kappa shape index (κ1) is 14.7. The van der Waals surface area contributed by atoms with Crippen molar-refractivity contribution in [2.45, 2.75) is 34.2 Å². The van der Waals surface area contributed by atoms with E-state index in [1.54, 1.807) is 10.7 Å². The van der Waals surface area contributed by atoms with Gasteiger partial charge in [0, 0.05) is 6.54 Å². The van der Waals surface area contributed by atoms with Gasteiger partial charge in [0.15, 0.2) is 5.13 Å². The Kier molecular flexibility index (Phi) is 3.70. The number of amides is 1. The van der Waals surface area contributed by atoms with Gasteiger partial charge >= 0.3 is 0 Å². The summed E-state index contributed by atoms with van der Waals surface area (Å²) in [5, 5.41) is 7.81. The van der Waals surface area contributed by atoms with Crippen molar-refractivity contribution >= 4 is 32.6 Å². The molecule has 0 saturated carbocycles. The summed E-state index contributed by atoms with van der Waals surface area (Å²) in [7, 11) is 0. The number of hydrogen-bond donors (Lipinski definition) is 1. The predicted molar refractivity (Wildman–Crippen MR) is 89.7 cm³/mol. The molecule has 0 aliphatic rings. The number of rotatable bonds is 3. The molecule has 0 saturated heterocycles. The van der Waals surface area contributed by atoms with Gasteiger partial charge in [0.05, 0.1) is 15.9 Å². The molecule has 1 amide bonds. The van der Waals surface area contributed by atoms with E-state index in [9.17, 15) is 4.79 Å². The molecule has 0 unspecified atom stereocenters. The van der Waals surface area contributed by atoms with E-state index in [-0.39, 0.29) is 5.91 Å². The van der Waals surface area contributed by atoms with Gasteiger partial charge in [-0.15, -0.1) is 0 Å². The second-order valence-electron chi connectivity index (χ2n) is 5.39. The molecule has 0 spiro atoms. The number of aryl methyl sites for hydroxylation is 4. The molecule has 114 valence electrons. The van der Waals surface area contributed by atoms with Crippen LogP contribution in [0.5, 0.6) is 0 Å². The first-order chi connectivity index (χ1) is 10.5. The van der Waals surface area contributed by atoms with Crippen molar-refractivity contribution in [2.75, 3.05) is 5.32 Å². The molecule has 2 heterocycles. The van der Waals surface area contributed by atoms with Crippen molar-refractivity contribution in [1.29, 1.82) is 0 Å². The summed E-state index contributed by atoms with van der Waals surface area (Å²) in [6.45, 7) is 8.62. The molecule has 0 atom stereocenters. The topological polar surface area (TPSA) is 59.8 Å². The van der Waals surface area contributed by atoms with Gasteiger partial charge in [-0.2, -0.15) is 5.10 Å². The number of carbonyl (C=O) groups is 1. The lowest BCUT2D eigenvalue weighted by molar-refractivity contribution is 0.101. The Balaban J connectivity index is 1.92. The maximum absolute atomic E-state index is 12.4. The van der Waals surface area contributed by atoms with Gasteiger partial charge in [0.2, 0.25) is 0 Å². The molecular formula is C16H18N4OS. The van der Waals surface area contributed by atoms with Crippen molar-refractivity contribution in [1.82, 2.24) is 14.8 Å². The zero-order valence-electron chi connectivity index (χ0n) is 13.1. The van der Waals surface area contributed by atoms with E-state index in [1.807, 2.05) is 26.8 Å². The molecule has 2 aromatic heterocycles. The van der Waals surface area contributed by atoms with Crippen LogP contribution in [0, 0.1) is 20.8 Å². The number of hydrogen-bond acceptors (Lipinski definition) is 4. The molecule has 1 N–H and O–H groups in total. The lowest BCUT2D eigenvalue weighted by Gasteiger charge is -2.03. The first-order valence-corrected chi connectivity index (χ1v) is 8.03. The fraction of sp³-hybridized carbons (Fsp3) is 0.312. The Hall–Kier alpha value is -2.21. The van der Waals surface area contributed by atoms with E-state index in [1.165, 1.54) is 22.5 Å². The van der Waals surface area contributed by atoms with E-state index >= 15 is 0 Å². The van der Waals surface area contributed by atoms with Crippen LogP contribution < -0.4 is 5.32 Å². The second-order valence-corrected chi connectivity index (χ2v) is 6.39. The predicted octanol–water partition coefficient (Wildman–Crippen LogP) is 3.69. The Morgan fingerprint density at radius 1 is 1.27 bits per heavy atom. The largest absolute Gasteiger partial charge is 0.296 e. The molecule has 22 heavy (non-hydrogen) atoms. The average Bonchev–Trinajstić information content (AvgIpc) is 3.01. The van der Waals surface area contributed by atoms with Crippen LogP contribution in [0.2, 0.25) is 0 Å². The van der Waals surface area contributed by atoms with Crippen molar-refractivity contribution in [2.24, 2.45) is 0 Å². The Morgan fingerprint density at radius 2 is 2.05 bits per heavy atom. The van der Waals surface area contributed by atoms with E-state index < -0.39 is 0 Å². The van der Waals surface area contributed by atoms with Crippen LogP contribution in [-0.4, -0.2) is 20.7 Å². The number of carbonyl (C=O) groups excluding carboxylic acids is 1. The normalized spacial score (nSPS) is 11.1. The fourth-order valence-electron chi connectivity index (χ4n) is 2.56. The lowest BCUT2D eigenvalue weighted by atomic mass is 10.1. The summed E-state index contributed by atoms with van der Waals surface area (Å²) in [4.78, 5) is 16.9. The highest BCUT2D eigenvalue weighted by Gasteiger charge is 2.15. The Morgan fingerprint density at radius 3 is 2.77 bits per heavy atom. The SMILES string of the molecule is CCn1nc(C)cc1C(=O)Nc1nc2cc(C)cc(C)c2s1.